The summed E-state index contributed by atoms with van der Waals surface area (Å²) in [6.07, 6.45) is 4.44. The molecule has 3 aliphatic rings. The minimum Gasteiger partial charge on any atom is -0.381 e. The lowest BCUT2D eigenvalue weighted by atomic mass is 9.84. The fourth-order valence-electron chi connectivity index (χ4n) is 4.48. The fraction of sp³-hybridized carbons (Fsp3) is 0.632. The maximum absolute atomic E-state index is 13.0. The number of hydrogen-bond donors (Lipinski definition) is 0. The molecule has 2 bridgehead atoms. The van der Waals surface area contributed by atoms with Crippen molar-refractivity contribution in [3.8, 4) is 0 Å². The molecule has 1 aromatic carbocycles. The number of ether oxygens (including phenoxy) is 1. The molecule has 4 rings (SSSR count). The van der Waals surface area contributed by atoms with Crippen molar-refractivity contribution < 1.29 is 9.53 Å². The fourth-order valence-corrected chi connectivity index (χ4v) is 4.48. The van der Waals surface area contributed by atoms with Crippen LogP contribution in [0.2, 0.25) is 0 Å². The van der Waals surface area contributed by atoms with Gasteiger partial charge in [0.15, 0.2) is 0 Å². The first-order valence-corrected chi connectivity index (χ1v) is 8.97. The van der Waals surface area contributed by atoms with Crippen LogP contribution in [-0.4, -0.2) is 54.1 Å². The number of fused-ring (bicyclic) bond motifs is 2. The molecule has 4 heteroatoms. The summed E-state index contributed by atoms with van der Waals surface area (Å²) < 4.78 is 5.50. The Kier molecular flexibility index (Phi) is 4.36. The Hall–Kier alpha value is -1.39. The van der Waals surface area contributed by atoms with Crippen molar-refractivity contribution in [2.24, 2.45) is 5.92 Å². The quantitative estimate of drug-likeness (QED) is 0.858. The topological polar surface area (TPSA) is 32.8 Å². The number of piperidine rings is 2. The Morgan fingerprint density at radius 1 is 1.09 bits per heavy atom. The molecule has 2 atom stereocenters. The maximum atomic E-state index is 13.0. The van der Waals surface area contributed by atoms with E-state index in [0.717, 1.165) is 52.1 Å². The van der Waals surface area contributed by atoms with Gasteiger partial charge in [0.2, 0.25) is 5.91 Å². The van der Waals surface area contributed by atoms with Crippen LogP contribution in [-0.2, 0) is 16.1 Å². The second-order valence-corrected chi connectivity index (χ2v) is 7.19. The van der Waals surface area contributed by atoms with Gasteiger partial charge in [0.1, 0.15) is 0 Å². The van der Waals surface area contributed by atoms with E-state index in [4.69, 9.17) is 4.74 Å². The molecule has 3 saturated heterocycles. The number of rotatable bonds is 3. The highest BCUT2D eigenvalue weighted by Gasteiger charge is 2.43. The second-order valence-electron chi connectivity index (χ2n) is 7.19. The third kappa shape index (κ3) is 3.15. The Labute approximate surface area is 138 Å². The molecule has 1 amide bonds. The lowest BCUT2D eigenvalue weighted by molar-refractivity contribution is -0.149. The van der Waals surface area contributed by atoms with Crippen LogP contribution < -0.4 is 0 Å². The Balaban J connectivity index is 1.48. The summed E-state index contributed by atoms with van der Waals surface area (Å²) in [5, 5.41) is 0. The minimum atomic E-state index is 0.106. The van der Waals surface area contributed by atoms with Crippen molar-refractivity contribution in [3.05, 3.63) is 35.9 Å². The van der Waals surface area contributed by atoms with Crippen LogP contribution in [0.25, 0.3) is 0 Å². The van der Waals surface area contributed by atoms with Gasteiger partial charge in [-0.1, -0.05) is 30.3 Å². The SMILES string of the molecule is O=C1[C@H]2C[C@H](CCN2C2CCOCC2)CN1Cc1ccccc1. The molecule has 3 heterocycles. The van der Waals surface area contributed by atoms with E-state index in [1.54, 1.807) is 0 Å². The molecule has 0 aromatic heterocycles. The van der Waals surface area contributed by atoms with Crippen molar-refractivity contribution in [3.63, 3.8) is 0 Å². The first kappa shape index (κ1) is 15.2. The van der Waals surface area contributed by atoms with Crippen LogP contribution in [0.4, 0.5) is 0 Å². The molecule has 0 aliphatic carbocycles. The summed E-state index contributed by atoms with van der Waals surface area (Å²) in [5.74, 6) is 1.02. The third-order valence-electron chi connectivity index (χ3n) is 5.70. The number of likely N-dealkylation sites (tertiary alicyclic amines) is 2. The number of carbonyl (C=O) groups excluding carboxylic acids is 1. The highest BCUT2D eigenvalue weighted by atomic mass is 16.5. The molecule has 3 fully saturated rings. The van der Waals surface area contributed by atoms with Gasteiger partial charge in [0.05, 0.1) is 6.04 Å². The second kappa shape index (κ2) is 6.62. The largest absolute Gasteiger partial charge is 0.381 e. The van der Waals surface area contributed by atoms with Crippen LogP contribution in [0, 0.1) is 5.92 Å². The van der Waals surface area contributed by atoms with Gasteiger partial charge < -0.3 is 9.64 Å². The summed E-state index contributed by atoms with van der Waals surface area (Å²) in [6.45, 7) is 4.48. The van der Waals surface area contributed by atoms with Crippen molar-refractivity contribution >= 4 is 5.91 Å². The van der Waals surface area contributed by atoms with Crippen LogP contribution in [0.5, 0.6) is 0 Å². The highest BCUT2D eigenvalue weighted by molar-refractivity contribution is 5.83. The van der Waals surface area contributed by atoms with E-state index in [1.165, 1.54) is 12.0 Å². The summed E-state index contributed by atoms with van der Waals surface area (Å²) in [5.41, 5.74) is 1.23. The number of nitrogens with zero attached hydrogens (tertiary/aromatic N) is 2. The molecule has 0 radical (unpaired) electrons. The molecule has 0 spiro atoms. The van der Waals surface area contributed by atoms with E-state index in [2.05, 4.69) is 34.1 Å². The molecule has 4 nitrogen and oxygen atoms in total. The average Bonchev–Trinajstić information content (AvgIpc) is 2.61. The molecular formula is C19H26N2O2. The number of amides is 1. The standard InChI is InChI=1S/C19H26N2O2/c22-19-18-12-16(6-9-21(18)17-7-10-23-11-8-17)14-20(19)13-15-4-2-1-3-5-15/h1-5,16-18H,6-14H2/t16-,18+/m0/s1. The molecule has 0 saturated carbocycles. The monoisotopic (exact) mass is 314 g/mol. The summed E-state index contributed by atoms with van der Waals surface area (Å²) in [6, 6.07) is 11.0. The molecule has 1 aromatic rings. The van der Waals surface area contributed by atoms with Crippen molar-refractivity contribution in [2.45, 2.75) is 44.3 Å². The zero-order valence-electron chi connectivity index (χ0n) is 13.7. The van der Waals surface area contributed by atoms with Gasteiger partial charge in [-0.25, -0.2) is 0 Å². The molecule has 3 aliphatic heterocycles. The number of carbonyl (C=O) groups is 1. The van der Waals surface area contributed by atoms with Gasteiger partial charge in [-0.15, -0.1) is 0 Å². The molecule has 0 N–H and O–H groups in total. The summed E-state index contributed by atoms with van der Waals surface area (Å²) in [4.78, 5) is 17.6. The predicted octanol–water partition coefficient (Wildman–Crippen LogP) is 2.29. The van der Waals surface area contributed by atoms with Crippen molar-refractivity contribution in [1.29, 1.82) is 0 Å². The minimum absolute atomic E-state index is 0.106. The van der Waals surface area contributed by atoms with Gasteiger partial charge in [0, 0.05) is 32.3 Å². The third-order valence-corrected chi connectivity index (χ3v) is 5.70. The predicted molar refractivity (Wildman–Crippen MR) is 88.9 cm³/mol. The smallest absolute Gasteiger partial charge is 0.240 e. The first-order chi connectivity index (χ1) is 11.3. The average molecular weight is 314 g/mol. The maximum Gasteiger partial charge on any atom is 0.240 e. The van der Waals surface area contributed by atoms with Gasteiger partial charge in [0.25, 0.3) is 0 Å². The van der Waals surface area contributed by atoms with E-state index in [9.17, 15) is 4.79 Å². The van der Waals surface area contributed by atoms with E-state index >= 15 is 0 Å². The van der Waals surface area contributed by atoms with E-state index in [1.807, 2.05) is 6.07 Å². The summed E-state index contributed by atoms with van der Waals surface area (Å²) >= 11 is 0. The lowest BCUT2D eigenvalue weighted by Crippen LogP contribution is -2.61. The Morgan fingerprint density at radius 3 is 2.65 bits per heavy atom. The lowest BCUT2D eigenvalue weighted by Gasteiger charge is -2.49. The number of benzene rings is 1. The van der Waals surface area contributed by atoms with Gasteiger partial charge >= 0.3 is 0 Å². The highest BCUT2D eigenvalue weighted by Crippen LogP contribution is 2.33. The zero-order chi connectivity index (χ0) is 15.6. The molecule has 23 heavy (non-hydrogen) atoms. The normalized spacial score (nSPS) is 29.7. The van der Waals surface area contributed by atoms with Gasteiger partial charge in [-0.3, -0.25) is 9.69 Å². The van der Waals surface area contributed by atoms with Crippen LogP contribution in [0.1, 0.15) is 31.2 Å². The van der Waals surface area contributed by atoms with Crippen molar-refractivity contribution in [2.75, 3.05) is 26.3 Å². The first-order valence-electron chi connectivity index (χ1n) is 8.97. The summed E-state index contributed by atoms with van der Waals surface area (Å²) in [7, 11) is 0. The Morgan fingerprint density at radius 2 is 1.87 bits per heavy atom. The molecule has 124 valence electrons. The van der Waals surface area contributed by atoms with Crippen molar-refractivity contribution in [1.82, 2.24) is 9.80 Å². The zero-order valence-corrected chi connectivity index (χ0v) is 13.7. The van der Waals surface area contributed by atoms with Crippen LogP contribution in [0.15, 0.2) is 30.3 Å². The van der Waals surface area contributed by atoms with Gasteiger partial charge in [-0.05, 0) is 43.7 Å². The molecular weight excluding hydrogens is 288 g/mol. The van der Waals surface area contributed by atoms with E-state index in [-0.39, 0.29) is 6.04 Å². The molecule has 0 unspecified atom stereocenters. The Bertz CT molecular complexity index is 542. The van der Waals surface area contributed by atoms with E-state index in [0.29, 0.717) is 17.9 Å². The van der Waals surface area contributed by atoms with Crippen LogP contribution >= 0.6 is 0 Å². The number of hydrogen-bond acceptors (Lipinski definition) is 3. The van der Waals surface area contributed by atoms with Crippen LogP contribution in [0.3, 0.4) is 0 Å². The van der Waals surface area contributed by atoms with E-state index < -0.39 is 0 Å². The van der Waals surface area contributed by atoms with Gasteiger partial charge in [-0.2, -0.15) is 0 Å².